The summed E-state index contributed by atoms with van der Waals surface area (Å²) in [6.07, 6.45) is 0.884. The number of hydrogen-bond acceptors (Lipinski definition) is 2. The second kappa shape index (κ2) is 4.58. The van der Waals surface area contributed by atoms with Gasteiger partial charge in [0.2, 0.25) is 0 Å². The van der Waals surface area contributed by atoms with Crippen molar-refractivity contribution in [1.29, 1.82) is 0 Å². The zero-order valence-corrected chi connectivity index (χ0v) is 11.2. The summed E-state index contributed by atoms with van der Waals surface area (Å²) in [5, 5.41) is 0. The molecule has 0 atom stereocenters. The lowest BCUT2D eigenvalue weighted by molar-refractivity contribution is 0.103. The van der Waals surface area contributed by atoms with E-state index < -0.39 is 0 Å². The largest absolute Gasteiger partial charge is 0.493 e. The van der Waals surface area contributed by atoms with Crippen molar-refractivity contribution in [2.75, 3.05) is 6.61 Å². The molecule has 1 heterocycles. The van der Waals surface area contributed by atoms with Crippen LogP contribution in [0.3, 0.4) is 0 Å². The summed E-state index contributed by atoms with van der Waals surface area (Å²) in [5.74, 6) is 0.951. The van der Waals surface area contributed by atoms with Gasteiger partial charge in [-0.1, -0.05) is 28.1 Å². The molecule has 0 aromatic heterocycles. The molecule has 0 N–H and O–H groups in total. The molecule has 18 heavy (non-hydrogen) atoms. The summed E-state index contributed by atoms with van der Waals surface area (Å²) in [5.41, 5.74) is 2.54. The first-order valence-electron chi connectivity index (χ1n) is 5.80. The van der Waals surface area contributed by atoms with Crippen LogP contribution in [0, 0.1) is 0 Å². The second-order valence-electron chi connectivity index (χ2n) is 4.26. The molecule has 2 aromatic rings. The first-order valence-corrected chi connectivity index (χ1v) is 6.59. The van der Waals surface area contributed by atoms with Gasteiger partial charge < -0.3 is 4.74 Å². The molecule has 0 amide bonds. The van der Waals surface area contributed by atoms with E-state index in [1.165, 1.54) is 0 Å². The first-order chi connectivity index (χ1) is 8.74. The molecule has 0 unspecified atom stereocenters. The Morgan fingerprint density at radius 3 is 2.78 bits per heavy atom. The number of carbonyl (C=O) groups excluding carboxylic acids is 1. The van der Waals surface area contributed by atoms with Crippen LogP contribution in [0.5, 0.6) is 5.75 Å². The number of fused-ring (bicyclic) bond motifs is 1. The summed E-state index contributed by atoms with van der Waals surface area (Å²) in [7, 11) is 0. The van der Waals surface area contributed by atoms with E-state index >= 15 is 0 Å². The summed E-state index contributed by atoms with van der Waals surface area (Å²) in [4.78, 5) is 12.3. The Hall–Kier alpha value is -1.61. The van der Waals surface area contributed by atoms with Gasteiger partial charge in [0.15, 0.2) is 5.78 Å². The molecule has 0 saturated heterocycles. The van der Waals surface area contributed by atoms with Gasteiger partial charge >= 0.3 is 0 Å². The van der Waals surface area contributed by atoms with Gasteiger partial charge in [-0.3, -0.25) is 4.79 Å². The van der Waals surface area contributed by atoms with Crippen molar-refractivity contribution in [1.82, 2.24) is 0 Å². The number of ether oxygens (including phenoxy) is 1. The number of halogens is 1. The topological polar surface area (TPSA) is 26.3 Å². The van der Waals surface area contributed by atoms with E-state index in [0.29, 0.717) is 12.2 Å². The third-order valence-corrected chi connectivity index (χ3v) is 3.53. The van der Waals surface area contributed by atoms with Crippen molar-refractivity contribution in [3.8, 4) is 5.75 Å². The lowest BCUT2D eigenvalue weighted by atomic mass is 10.0. The maximum Gasteiger partial charge on any atom is 0.193 e. The van der Waals surface area contributed by atoms with E-state index in [1.807, 2.05) is 42.5 Å². The Morgan fingerprint density at radius 1 is 1.11 bits per heavy atom. The van der Waals surface area contributed by atoms with Crippen LogP contribution in [-0.2, 0) is 6.42 Å². The van der Waals surface area contributed by atoms with E-state index in [0.717, 1.165) is 27.8 Å². The van der Waals surface area contributed by atoms with E-state index in [4.69, 9.17) is 4.74 Å². The molecular weight excluding hydrogens is 292 g/mol. The predicted molar refractivity (Wildman–Crippen MR) is 73.2 cm³/mol. The van der Waals surface area contributed by atoms with E-state index in [2.05, 4.69) is 15.9 Å². The van der Waals surface area contributed by atoms with Crippen LogP contribution in [0.4, 0.5) is 0 Å². The Bertz CT molecular complexity index is 620. The Morgan fingerprint density at radius 2 is 1.94 bits per heavy atom. The zero-order chi connectivity index (χ0) is 12.5. The summed E-state index contributed by atoms with van der Waals surface area (Å²) < 4.78 is 6.35. The Labute approximate surface area is 114 Å². The molecule has 0 aliphatic carbocycles. The van der Waals surface area contributed by atoms with Crippen molar-refractivity contribution in [3.05, 3.63) is 63.6 Å². The Balaban J connectivity index is 1.98. The van der Waals surface area contributed by atoms with Crippen LogP contribution < -0.4 is 4.74 Å². The molecule has 2 aromatic carbocycles. The van der Waals surface area contributed by atoms with Gasteiger partial charge in [0.25, 0.3) is 0 Å². The number of benzene rings is 2. The van der Waals surface area contributed by atoms with Crippen molar-refractivity contribution in [3.63, 3.8) is 0 Å². The molecule has 0 fully saturated rings. The minimum Gasteiger partial charge on any atom is -0.493 e. The monoisotopic (exact) mass is 302 g/mol. The molecule has 1 aliphatic heterocycles. The lowest BCUT2D eigenvalue weighted by Gasteiger charge is -2.04. The number of ketones is 1. The van der Waals surface area contributed by atoms with Crippen molar-refractivity contribution >= 4 is 21.7 Å². The van der Waals surface area contributed by atoms with Gasteiger partial charge in [0, 0.05) is 22.0 Å². The molecule has 0 saturated carbocycles. The third kappa shape index (κ3) is 2.06. The SMILES string of the molecule is O=C(c1cccc(Br)c1)c1ccc2c(c1)CCO2. The second-order valence-corrected chi connectivity index (χ2v) is 5.18. The molecule has 3 rings (SSSR count). The van der Waals surface area contributed by atoms with Gasteiger partial charge in [0.1, 0.15) is 5.75 Å². The Kier molecular flexibility index (Phi) is 2.92. The molecule has 1 aliphatic rings. The highest BCUT2D eigenvalue weighted by molar-refractivity contribution is 9.10. The van der Waals surface area contributed by atoms with Crippen LogP contribution >= 0.6 is 15.9 Å². The summed E-state index contributed by atoms with van der Waals surface area (Å²) in [6, 6.07) is 13.1. The van der Waals surface area contributed by atoms with Crippen LogP contribution in [0.25, 0.3) is 0 Å². The molecular formula is C15H11BrO2. The number of carbonyl (C=O) groups is 1. The third-order valence-electron chi connectivity index (χ3n) is 3.04. The maximum atomic E-state index is 12.3. The summed E-state index contributed by atoms with van der Waals surface area (Å²) >= 11 is 3.38. The van der Waals surface area contributed by atoms with Crippen molar-refractivity contribution < 1.29 is 9.53 Å². The zero-order valence-electron chi connectivity index (χ0n) is 9.65. The molecule has 90 valence electrons. The average molecular weight is 303 g/mol. The van der Waals surface area contributed by atoms with Gasteiger partial charge in [-0.05, 0) is 35.9 Å². The lowest BCUT2D eigenvalue weighted by Crippen LogP contribution is -2.01. The quantitative estimate of drug-likeness (QED) is 0.792. The number of rotatable bonds is 2. The first kappa shape index (κ1) is 11.5. The molecule has 2 nitrogen and oxygen atoms in total. The van der Waals surface area contributed by atoms with Crippen LogP contribution in [0.1, 0.15) is 21.5 Å². The highest BCUT2D eigenvalue weighted by atomic mass is 79.9. The van der Waals surface area contributed by atoms with Crippen molar-refractivity contribution in [2.24, 2.45) is 0 Å². The minimum atomic E-state index is 0.0472. The standard InChI is InChI=1S/C15H11BrO2/c16-13-3-1-2-11(9-13)15(17)12-4-5-14-10(8-12)6-7-18-14/h1-5,8-9H,6-7H2. The van der Waals surface area contributed by atoms with Crippen LogP contribution in [0.15, 0.2) is 46.9 Å². The van der Waals surface area contributed by atoms with Gasteiger partial charge in [0.05, 0.1) is 6.61 Å². The highest BCUT2D eigenvalue weighted by Crippen LogP contribution is 2.27. The maximum absolute atomic E-state index is 12.3. The van der Waals surface area contributed by atoms with Crippen molar-refractivity contribution in [2.45, 2.75) is 6.42 Å². The minimum absolute atomic E-state index is 0.0472. The van der Waals surface area contributed by atoms with Crippen LogP contribution in [0.2, 0.25) is 0 Å². The van der Waals surface area contributed by atoms with E-state index in [-0.39, 0.29) is 5.78 Å². The molecule has 3 heteroatoms. The van der Waals surface area contributed by atoms with Gasteiger partial charge in [-0.15, -0.1) is 0 Å². The smallest absolute Gasteiger partial charge is 0.193 e. The molecule has 0 radical (unpaired) electrons. The molecule has 0 bridgehead atoms. The fourth-order valence-electron chi connectivity index (χ4n) is 2.12. The normalized spacial score (nSPS) is 12.9. The van der Waals surface area contributed by atoms with Gasteiger partial charge in [-0.25, -0.2) is 0 Å². The van der Waals surface area contributed by atoms with Crippen LogP contribution in [-0.4, -0.2) is 12.4 Å². The predicted octanol–water partition coefficient (Wildman–Crippen LogP) is 3.62. The fourth-order valence-corrected chi connectivity index (χ4v) is 2.52. The van der Waals surface area contributed by atoms with E-state index in [1.54, 1.807) is 0 Å². The average Bonchev–Trinajstić information content (AvgIpc) is 2.85. The van der Waals surface area contributed by atoms with Gasteiger partial charge in [-0.2, -0.15) is 0 Å². The number of hydrogen-bond donors (Lipinski definition) is 0. The summed E-state index contributed by atoms with van der Waals surface area (Å²) in [6.45, 7) is 0.712. The van der Waals surface area contributed by atoms with E-state index in [9.17, 15) is 4.79 Å². The highest BCUT2D eigenvalue weighted by Gasteiger charge is 2.16. The molecule has 0 spiro atoms. The fraction of sp³-hybridized carbons (Fsp3) is 0.133.